The van der Waals surface area contributed by atoms with E-state index < -0.39 is 17.8 Å². The van der Waals surface area contributed by atoms with Gasteiger partial charge in [0, 0.05) is 12.2 Å². The number of carboxylic acids is 1. The van der Waals surface area contributed by atoms with Gasteiger partial charge in [-0.25, -0.2) is 4.98 Å². The lowest BCUT2D eigenvalue weighted by Crippen LogP contribution is -2.25. The zero-order chi connectivity index (χ0) is 14.6. The molecule has 1 aromatic heterocycles. The quantitative estimate of drug-likeness (QED) is 0.719. The molecule has 1 unspecified atom stereocenters. The third-order valence-electron chi connectivity index (χ3n) is 2.95. The third kappa shape index (κ3) is 3.67. The van der Waals surface area contributed by atoms with Crippen molar-refractivity contribution in [2.24, 2.45) is 11.7 Å². The maximum atomic E-state index is 11.4. The number of nitrogens with zero attached hydrogens (tertiary/aromatic N) is 1. The topological polar surface area (TPSA) is 105 Å². The van der Waals surface area contributed by atoms with E-state index in [4.69, 9.17) is 10.8 Å². The van der Waals surface area contributed by atoms with Gasteiger partial charge >= 0.3 is 5.97 Å². The smallest absolute Gasteiger partial charge is 0.308 e. The first-order valence-corrected chi connectivity index (χ1v) is 6.11. The molecular weight excluding hydrogens is 246 g/mol. The van der Waals surface area contributed by atoms with E-state index in [1.54, 1.807) is 26.8 Å². The Balaban J connectivity index is 3.00. The van der Waals surface area contributed by atoms with E-state index in [0.717, 1.165) is 11.3 Å². The van der Waals surface area contributed by atoms with Crippen LogP contribution in [-0.2, 0) is 4.79 Å². The van der Waals surface area contributed by atoms with Gasteiger partial charge in [0.2, 0.25) is 0 Å². The zero-order valence-corrected chi connectivity index (χ0v) is 11.4. The van der Waals surface area contributed by atoms with Crippen LogP contribution >= 0.6 is 0 Å². The minimum atomic E-state index is -0.875. The molecule has 0 bridgehead atoms. The number of anilines is 1. The number of hydrogen-bond acceptors (Lipinski definition) is 4. The number of pyridine rings is 1. The molecule has 1 aromatic rings. The van der Waals surface area contributed by atoms with Gasteiger partial charge in [0.05, 0.1) is 11.5 Å². The Kier molecular flexibility index (Phi) is 4.86. The Labute approximate surface area is 112 Å². The highest BCUT2D eigenvalue weighted by Crippen LogP contribution is 2.18. The molecule has 1 heterocycles. The first-order chi connectivity index (χ1) is 8.86. The summed E-state index contributed by atoms with van der Waals surface area (Å²) < 4.78 is 0. The van der Waals surface area contributed by atoms with Crippen LogP contribution in [0.1, 0.15) is 35.0 Å². The average molecular weight is 265 g/mol. The van der Waals surface area contributed by atoms with Gasteiger partial charge < -0.3 is 16.2 Å². The van der Waals surface area contributed by atoms with E-state index in [1.165, 1.54) is 0 Å². The molecule has 0 aliphatic rings. The van der Waals surface area contributed by atoms with Crippen molar-refractivity contribution in [3.63, 3.8) is 0 Å². The lowest BCUT2D eigenvalue weighted by molar-refractivity contribution is -0.141. The largest absolute Gasteiger partial charge is 0.481 e. The number of carboxylic acid groups (broad SMARTS) is 1. The van der Waals surface area contributed by atoms with Crippen molar-refractivity contribution < 1.29 is 14.7 Å². The highest BCUT2D eigenvalue weighted by atomic mass is 16.4. The number of amides is 1. The number of aromatic nitrogens is 1. The van der Waals surface area contributed by atoms with E-state index in [9.17, 15) is 9.59 Å². The molecule has 4 N–H and O–H groups in total. The molecule has 0 aromatic carbocycles. The molecule has 0 saturated carbocycles. The molecular formula is C13H19N3O3. The molecule has 0 spiro atoms. The Morgan fingerprint density at radius 3 is 2.58 bits per heavy atom. The van der Waals surface area contributed by atoms with Crippen LogP contribution in [0.25, 0.3) is 0 Å². The van der Waals surface area contributed by atoms with Gasteiger partial charge in [0.15, 0.2) is 0 Å². The summed E-state index contributed by atoms with van der Waals surface area (Å²) in [7, 11) is 0. The highest BCUT2D eigenvalue weighted by Gasteiger charge is 2.18. The van der Waals surface area contributed by atoms with Crippen LogP contribution in [0.5, 0.6) is 0 Å². The molecule has 1 amide bonds. The molecule has 19 heavy (non-hydrogen) atoms. The molecule has 0 aliphatic heterocycles. The van der Waals surface area contributed by atoms with Crippen LogP contribution in [0.4, 0.5) is 5.82 Å². The van der Waals surface area contributed by atoms with Crippen molar-refractivity contribution >= 4 is 17.7 Å². The van der Waals surface area contributed by atoms with Gasteiger partial charge in [0.1, 0.15) is 5.82 Å². The number of nitrogens with two attached hydrogens (primary N) is 1. The van der Waals surface area contributed by atoms with Gasteiger partial charge in [-0.2, -0.15) is 0 Å². The number of carbonyl (C=O) groups is 2. The molecule has 1 rings (SSSR count). The van der Waals surface area contributed by atoms with Gasteiger partial charge in [-0.15, -0.1) is 0 Å². The van der Waals surface area contributed by atoms with Gasteiger partial charge in [-0.05, 0) is 31.9 Å². The predicted molar refractivity (Wildman–Crippen MR) is 72.1 cm³/mol. The molecule has 1 atom stereocenters. The molecule has 6 nitrogen and oxygen atoms in total. The second kappa shape index (κ2) is 6.17. The molecule has 6 heteroatoms. The maximum Gasteiger partial charge on any atom is 0.308 e. The normalized spacial score (nSPS) is 11.9. The molecule has 0 fully saturated rings. The van der Waals surface area contributed by atoms with Crippen LogP contribution < -0.4 is 11.1 Å². The van der Waals surface area contributed by atoms with Crippen LogP contribution in [0.3, 0.4) is 0 Å². The predicted octanol–water partition coefficient (Wildman–Crippen LogP) is 1.32. The zero-order valence-electron chi connectivity index (χ0n) is 11.4. The summed E-state index contributed by atoms with van der Waals surface area (Å²) in [5.41, 5.74) is 7.11. The minimum Gasteiger partial charge on any atom is -0.481 e. The first kappa shape index (κ1) is 14.9. The summed E-state index contributed by atoms with van der Waals surface area (Å²) in [4.78, 5) is 26.6. The SMILES string of the molecule is CCC(CNc1nc(C)cc(C)c1C(N)=O)C(=O)O. The number of carbonyl (C=O) groups excluding carboxylic acids is 1. The van der Waals surface area contributed by atoms with Crippen LogP contribution in [0.15, 0.2) is 6.07 Å². The van der Waals surface area contributed by atoms with E-state index >= 15 is 0 Å². The van der Waals surface area contributed by atoms with Gasteiger partial charge in [-0.1, -0.05) is 6.92 Å². The average Bonchev–Trinajstić information content (AvgIpc) is 2.27. The number of aliphatic carboxylic acids is 1. The molecule has 0 radical (unpaired) electrons. The lowest BCUT2D eigenvalue weighted by atomic mass is 10.1. The van der Waals surface area contributed by atoms with Crippen molar-refractivity contribution in [3.05, 3.63) is 22.9 Å². The summed E-state index contributed by atoms with van der Waals surface area (Å²) in [5.74, 6) is -1.62. The fraction of sp³-hybridized carbons (Fsp3) is 0.462. The lowest BCUT2D eigenvalue weighted by Gasteiger charge is -2.15. The Morgan fingerprint density at radius 1 is 1.47 bits per heavy atom. The summed E-state index contributed by atoms with van der Waals surface area (Å²) >= 11 is 0. The van der Waals surface area contributed by atoms with E-state index in [2.05, 4.69) is 10.3 Å². The van der Waals surface area contributed by atoms with Crippen molar-refractivity contribution in [1.82, 2.24) is 4.98 Å². The number of aryl methyl sites for hydroxylation is 2. The number of hydrogen-bond donors (Lipinski definition) is 3. The van der Waals surface area contributed by atoms with Crippen molar-refractivity contribution in [3.8, 4) is 0 Å². The summed E-state index contributed by atoms with van der Waals surface area (Å²) in [6, 6.07) is 1.76. The van der Waals surface area contributed by atoms with Crippen LogP contribution in [0, 0.1) is 19.8 Å². The van der Waals surface area contributed by atoms with E-state index in [1.807, 2.05) is 0 Å². The van der Waals surface area contributed by atoms with Gasteiger partial charge in [0.25, 0.3) is 5.91 Å². The maximum absolute atomic E-state index is 11.4. The highest BCUT2D eigenvalue weighted by molar-refractivity contribution is 5.99. The van der Waals surface area contributed by atoms with Crippen molar-refractivity contribution in [1.29, 1.82) is 0 Å². The third-order valence-corrected chi connectivity index (χ3v) is 2.95. The fourth-order valence-electron chi connectivity index (χ4n) is 1.90. The van der Waals surface area contributed by atoms with Gasteiger partial charge in [-0.3, -0.25) is 9.59 Å². The number of primary amides is 1. The summed E-state index contributed by atoms with van der Waals surface area (Å²) in [5, 5.41) is 11.9. The number of nitrogens with one attached hydrogen (secondary N) is 1. The summed E-state index contributed by atoms with van der Waals surface area (Å²) in [6.07, 6.45) is 0.499. The monoisotopic (exact) mass is 265 g/mol. The first-order valence-electron chi connectivity index (χ1n) is 6.11. The van der Waals surface area contributed by atoms with Crippen molar-refractivity contribution in [2.75, 3.05) is 11.9 Å². The van der Waals surface area contributed by atoms with E-state index in [0.29, 0.717) is 17.8 Å². The second-order valence-electron chi connectivity index (χ2n) is 4.49. The van der Waals surface area contributed by atoms with Crippen molar-refractivity contribution in [2.45, 2.75) is 27.2 Å². The Morgan fingerprint density at radius 2 is 2.11 bits per heavy atom. The fourth-order valence-corrected chi connectivity index (χ4v) is 1.90. The second-order valence-corrected chi connectivity index (χ2v) is 4.49. The minimum absolute atomic E-state index is 0.210. The molecule has 0 aliphatic carbocycles. The summed E-state index contributed by atoms with van der Waals surface area (Å²) in [6.45, 7) is 5.58. The van der Waals surface area contributed by atoms with Crippen LogP contribution in [0.2, 0.25) is 0 Å². The van der Waals surface area contributed by atoms with E-state index in [-0.39, 0.29) is 6.54 Å². The Bertz CT molecular complexity index is 500. The van der Waals surface area contributed by atoms with Crippen LogP contribution in [-0.4, -0.2) is 28.5 Å². The molecule has 0 saturated heterocycles. The Hall–Kier alpha value is -2.11. The standard InChI is InChI=1S/C13H19N3O3/c1-4-9(13(18)19)6-15-12-10(11(14)17)7(2)5-8(3)16-12/h5,9H,4,6H2,1-3H3,(H2,14,17)(H,15,16)(H,18,19). The molecule has 104 valence electrons. The number of rotatable bonds is 6.